The van der Waals surface area contributed by atoms with Crippen LogP contribution in [0.3, 0.4) is 0 Å². The Labute approximate surface area is 45.4 Å². The average molecular weight is 101 g/mol. The fourth-order valence-electron chi connectivity index (χ4n) is 0.433. The molecule has 0 saturated heterocycles. The van der Waals surface area contributed by atoms with Crippen LogP contribution in [0.5, 0.6) is 0 Å². The van der Waals surface area contributed by atoms with E-state index in [2.05, 4.69) is 6.92 Å². The molecule has 0 saturated carbocycles. The molecule has 0 aromatic heterocycles. The summed E-state index contributed by atoms with van der Waals surface area (Å²) in [6.07, 6.45) is 3.71. The second kappa shape index (κ2) is 4.13. The van der Waals surface area contributed by atoms with E-state index in [1.807, 2.05) is 0 Å². The molecule has 1 nitrogen and oxygen atoms in total. The van der Waals surface area contributed by atoms with Gasteiger partial charge in [-0.3, -0.25) is 0 Å². The number of aliphatic hydroxyl groups is 1. The van der Waals surface area contributed by atoms with Gasteiger partial charge in [0.1, 0.15) is 0 Å². The van der Waals surface area contributed by atoms with Crippen molar-refractivity contribution in [3.8, 4) is 0 Å². The topological polar surface area (TPSA) is 20.2 Å². The van der Waals surface area contributed by atoms with Gasteiger partial charge in [-0.15, -0.1) is 0 Å². The van der Waals surface area contributed by atoms with Gasteiger partial charge >= 0.3 is 0 Å². The fraction of sp³-hybridized carbons (Fsp3) is 0.833. The Bertz CT molecular complexity index is 33.2. The zero-order valence-electron chi connectivity index (χ0n) is 5.07. The Morgan fingerprint density at radius 2 is 2.14 bits per heavy atom. The standard InChI is InChI=1S/C6H13O/c1-3-4-5-6(2)7/h7H,3-5H2,1-2H3. The third-order valence-electron chi connectivity index (χ3n) is 0.892. The molecule has 0 atom stereocenters. The number of hydrogen-bond acceptors (Lipinski definition) is 1. The number of rotatable bonds is 3. The smallest absolute Gasteiger partial charge is 0.0902 e. The normalized spacial score (nSPS) is 10.3. The van der Waals surface area contributed by atoms with Crippen LogP contribution >= 0.6 is 0 Å². The van der Waals surface area contributed by atoms with Crippen molar-refractivity contribution in [3.63, 3.8) is 0 Å². The monoisotopic (exact) mass is 101 g/mol. The van der Waals surface area contributed by atoms with E-state index in [-0.39, 0.29) is 0 Å². The van der Waals surface area contributed by atoms with Crippen LogP contribution in [0.15, 0.2) is 0 Å². The van der Waals surface area contributed by atoms with Gasteiger partial charge in [0.05, 0.1) is 6.10 Å². The van der Waals surface area contributed by atoms with Crippen molar-refractivity contribution in [3.05, 3.63) is 6.10 Å². The Morgan fingerprint density at radius 3 is 2.29 bits per heavy atom. The molecule has 0 heterocycles. The minimum Gasteiger partial charge on any atom is -0.387 e. The van der Waals surface area contributed by atoms with Crippen molar-refractivity contribution in [1.82, 2.24) is 0 Å². The molecule has 0 aliphatic heterocycles. The zero-order chi connectivity index (χ0) is 5.70. The van der Waals surface area contributed by atoms with Gasteiger partial charge in [-0.05, 0) is 13.3 Å². The number of hydrogen-bond donors (Lipinski definition) is 1. The van der Waals surface area contributed by atoms with E-state index >= 15 is 0 Å². The van der Waals surface area contributed by atoms with Crippen molar-refractivity contribution < 1.29 is 5.11 Å². The molecule has 1 radical (unpaired) electrons. The molecule has 0 aliphatic rings. The van der Waals surface area contributed by atoms with E-state index in [0.717, 1.165) is 19.3 Å². The van der Waals surface area contributed by atoms with E-state index in [9.17, 15) is 0 Å². The quantitative estimate of drug-likeness (QED) is 0.577. The highest BCUT2D eigenvalue weighted by Gasteiger charge is 1.91. The molecule has 0 aliphatic carbocycles. The average Bonchev–Trinajstić information content (AvgIpc) is 1.61. The highest BCUT2D eigenvalue weighted by molar-refractivity contribution is 4.65. The highest BCUT2D eigenvalue weighted by atomic mass is 16.3. The summed E-state index contributed by atoms with van der Waals surface area (Å²) in [7, 11) is 0. The van der Waals surface area contributed by atoms with Crippen molar-refractivity contribution in [2.45, 2.75) is 33.1 Å². The van der Waals surface area contributed by atoms with Crippen molar-refractivity contribution in [1.29, 1.82) is 0 Å². The molecule has 0 spiro atoms. The SMILES string of the molecule is CCCC[C](C)O. The van der Waals surface area contributed by atoms with Gasteiger partial charge in [0.2, 0.25) is 0 Å². The van der Waals surface area contributed by atoms with Crippen LogP contribution < -0.4 is 0 Å². The lowest BCUT2D eigenvalue weighted by Crippen LogP contribution is -1.86. The Balaban J connectivity index is 2.68. The van der Waals surface area contributed by atoms with Crippen molar-refractivity contribution in [2.24, 2.45) is 0 Å². The zero-order valence-corrected chi connectivity index (χ0v) is 5.07. The molecule has 0 aromatic rings. The highest BCUT2D eigenvalue weighted by Crippen LogP contribution is 2.03. The predicted octanol–water partition coefficient (Wildman–Crippen LogP) is 2.10. The van der Waals surface area contributed by atoms with Crippen LogP contribution in [-0.2, 0) is 0 Å². The third kappa shape index (κ3) is 5.96. The van der Waals surface area contributed by atoms with E-state index < -0.39 is 0 Å². The molecule has 43 valence electrons. The van der Waals surface area contributed by atoms with Crippen LogP contribution in [0.4, 0.5) is 0 Å². The van der Waals surface area contributed by atoms with Gasteiger partial charge in [-0.2, -0.15) is 0 Å². The second-order valence-corrected chi connectivity index (χ2v) is 1.84. The Hall–Kier alpha value is -0.0400. The van der Waals surface area contributed by atoms with Gasteiger partial charge in [0, 0.05) is 0 Å². The molecule has 0 fully saturated rings. The van der Waals surface area contributed by atoms with Crippen LogP contribution in [0.25, 0.3) is 0 Å². The molecule has 1 heteroatoms. The molecule has 0 unspecified atom stereocenters. The summed E-state index contributed by atoms with van der Waals surface area (Å²) in [6, 6.07) is 0. The van der Waals surface area contributed by atoms with Crippen LogP contribution in [0, 0.1) is 6.10 Å². The minimum atomic E-state index is 0.557. The summed E-state index contributed by atoms with van der Waals surface area (Å²) in [6.45, 7) is 3.86. The third-order valence-corrected chi connectivity index (χ3v) is 0.892. The molecule has 0 aromatic carbocycles. The summed E-state index contributed by atoms with van der Waals surface area (Å²) >= 11 is 0. The molecule has 1 N–H and O–H groups in total. The molecule has 0 bridgehead atoms. The van der Waals surface area contributed by atoms with Gasteiger partial charge in [0.15, 0.2) is 0 Å². The maximum Gasteiger partial charge on any atom is 0.0902 e. The van der Waals surface area contributed by atoms with E-state index in [1.54, 1.807) is 6.92 Å². The van der Waals surface area contributed by atoms with Gasteiger partial charge in [-0.25, -0.2) is 0 Å². The predicted molar refractivity (Wildman–Crippen MR) is 30.4 cm³/mol. The first kappa shape index (κ1) is 6.96. The summed E-state index contributed by atoms with van der Waals surface area (Å²) in [4.78, 5) is 0. The van der Waals surface area contributed by atoms with Gasteiger partial charge in [-0.1, -0.05) is 19.8 Å². The Kier molecular flexibility index (Phi) is 4.10. The summed E-state index contributed by atoms with van der Waals surface area (Å²) in [5.41, 5.74) is 0. The summed E-state index contributed by atoms with van der Waals surface area (Å²) in [5.74, 6) is 0. The fourth-order valence-corrected chi connectivity index (χ4v) is 0.433. The van der Waals surface area contributed by atoms with E-state index in [0.29, 0.717) is 6.10 Å². The molecular weight excluding hydrogens is 88.1 g/mol. The van der Waals surface area contributed by atoms with E-state index in [1.165, 1.54) is 0 Å². The van der Waals surface area contributed by atoms with Crippen molar-refractivity contribution in [2.75, 3.05) is 0 Å². The first-order valence-electron chi connectivity index (χ1n) is 2.78. The second-order valence-electron chi connectivity index (χ2n) is 1.84. The first-order valence-corrected chi connectivity index (χ1v) is 2.78. The number of unbranched alkanes of at least 4 members (excludes halogenated alkanes) is 1. The summed E-state index contributed by atoms with van der Waals surface area (Å²) < 4.78 is 0. The largest absolute Gasteiger partial charge is 0.387 e. The molecule has 7 heavy (non-hydrogen) atoms. The van der Waals surface area contributed by atoms with Crippen LogP contribution in [0.2, 0.25) is 0 Å². The number of aliphatic hydroxyl groups excluding tert-OH is 1. The van der Waals surface area contributed by atoms with Crippen molar-refractivity contribution >= 4 is 0 Å². The lowest BCUT2D eigenvalue weighted by molar-refractivity contribution is 0.292. The summed E-state index contributed by atoms with van der Waals surface area (Å²) in [5, 5.41) is 8.60. The lowest BCUT2D eigenvalue weighted by Gasteiger charge is -1.96. The molecule has 0 amide bonds. The van der Waals surface area contributed by atoms with Gasteiger partial charge < -0.3 is 5.11 Å². The lowest BCUT2D eigenvalue weighted by atomic mass is 10.2. The molecule has 0 rings (SSSR count). The van der Waals surface area contributed by atoms with Crippen LogP contribution in [0.1, 0.15) is 33.1 Å². The van der Waals surface area contributed by atoms with E-state index in [4.69, 9.17) is 5.11 Å². The maximum absolute atomic E-state index is 8.60. The first-order chi connectivity index (χ1) is 3.27. The minimum absolute atomic E-state index is 0.557. The molecular formula is C6H13O. The van der Waals surface area contributed by atoms with Crippen LogP contribution in [-0.4, -0.2) is 5.11 Å². The Morgan fingerprint density at radius 1 is 1.57 bits per heavy atom. The van der Waals surface area contributed by atoms with Gasteiger partial charge in [0.25, 0.3) is 0 Å². The maximum atomic E-state index is 8.60.